The summed E-state index contributed by atoms with van der Waals surface area (Å²) >= 11 is -2.76. The third kappa shape index (κ3) is 3.87. The zero-order valence-electron chi connectivity index (χ0n) is 15.4. The number of aryl methyl sites for hydroxylation is 1. The Kier molecular flexibility index (Phi) is 5.33. The largest absolute Gasteiger partial charge is 0.755 e. The van der Waals surface area contributed by atoms with Crippen molar-refractivity contribution in [1.82, 2.24) is 0 Å². The second-order valence-electron chi connectivity index (χ2n) is 6.70. The molecule has 1 aromatic heterocycles. The van der Waals surface area contributed by atoms with E-state index in [2.05, 4.69) is 0 Å². The van der Waals surface area contributed by atoms with Crippen LogP contribution >= 0.6 is 0 Å². The van der Waals surface area contributed by atoms with E-state index in [-0.39, 0.29) is 12.1 Å². The summed E-state index contributed by atoms with van der Waals surface area (Å²) in [6.45, 7) is 0. The van der Waals surface area contributed by atoms with Crippen molar-refractivity contribution in [3.8, 4) is 0 Å². The summed E-state index contributed by atoms with van der Waals surface area (Å²) in [5.41, 5.74) is 2.54. The average molecular weight is 408 g/mol. The standard InChI is InChI=1S/C22H19NO5S/c24-22(25)19(12-10-15-6-2-1-3-7-15)23(29(26)27)16-11-13-21-18(14-16)17-8-4-5-9-20(17)28-21/h1-9,11,13-14,19H,10,12H2,(H,24,25)(H,26,27)/p-1. The predicted molar refractivity (Wildman–Crippen MR) is 111 cm³/mol. The summed E-state index contributed by atoms with van der Waals surface area (Å²) in [6.07, 6.45) is 0.597. The summed E-state index contributed by atoms with van der Waals surface area (Å²) in [7, 11) is 0. The van der Waals surface area contributed by atoms with E-state index in [1.165, 1.54) is 0 Å². The summed E-state index contributed by atoms with van der Waals surface area (Å²) in [5.74, 6) is -1.19. The van der Waals surface area contributed by atoms with Crippen LogP contribution in [0.3, 0.4) is 0 Å². The van der Waals surface area contributed by atoms with Gasteiger partial charge in [0.25, 0.3) is 0 Å². The van der Waals surface area contributed by atoms with Gasteiger partial charge >= 0.3 is 5.97 Å². The molecule has 0 radical (unpaired) electrons. The van der Waals surface area contributed by atoms with Crippen molar-refractivity contribution in [3.63, 3.8) is 0 Å². The minimum absolute atomic E-state index is 0.150. The second kappa shape index (κ2) is 8.06. The summed E-state index contributed by atoms with van der Waals surface area (Å²) in [6, 6.07) is 20.5. The van der Waals surface area contributed by atoms with Gasteiger partial charge in [-0.2, -0.15) is 0 Å². The van der Waals surface area contributed by atoms with E-state index in [9.17, 15) is 18.7 Å². The molecule has 7 heteroatoms. The van der Waals surface area contributed by atoms with E-state index in [0.717, 1.165) is 20.6 Å². The summed E-state index contributed by atoms with van der Waals surface area (Å²) in [5, 5.41) is 11.3. The smallest absolute Gasteiger partial charge is 0.327 e. The number of carbonyl (C=O) groups is 1. The lowest BCUT2D eigenvalue weighted by Crippen LogP contribution is -2.42. The Hall–Kier alpha value is -3.16. The molecule has 29 heavy (non-hydrogen) atoms. The Morgan fingerprint density at radius 1 is 1.00 bits per heavy atom. The summed E-state index contributed by atoms with van der Waals surface area (Å²) < 4.78 is 30.8. The van der Waals surface area contributed by atoms with Gasteiger partial charge in [0.2, 0.25) is 0 Å². The minimum atomic E-state index is -2.76. The fourth-order valence-electron chi connectivity index (χ4n) is 3.51. The number of anilines is 1. The highest BCUT2D eigenvalue weighted by atomic mass is 32.2. The molecular formula is C22H18NO5S-. The van der Waals surface area contributed by atoms with Gasteiger partial charge in [0.1, 0.15) is 17.2 Å². The highest BCUT2D eigenvalue weighted by molar-refractivity contribution is 7.80. The second-order valence-corrected chi connectivity index (χ2v) is 7.53. The molecule has 3 aromatic carbocycles. The Bertz CT molecular complexity index is 1190. The molecule has 0 aliphatic rings. The van der Waals surface area contributed by atoms with Gasteiger partial charge in [0.15, 0.2) is 0 Å². The molecule has 0 bridgehead atoms. The van der Waals surface area contributed by atoms with Crippen LogP contribution in [-0.2, 0) is 22.5 Å². The average Bonchev–Trinajstić information content (AvgIpc) is 3.09. The van der Waals surface area contributed by atoms with Crippen LogP contribution in [0.15, 0.2) is 77.2 Å². The van der Waals surface area contributed by atoms with Crippen LogP contribution in [0.4, 0.5) is 5.69 Å². The Balaban J connectivity index is 1.72. The van der Waals surface area contributed by atoms with E-state index in [1.807, 2.05) is 54.6 Å². The fraction of sp³-hybridized carbons (Fsp3) is 0.136. The van der Waals surface area contributed by atoms with Gasteiger partial charge < -0.3 is 14.1 Å². The molecular weight excluding hydrogens is 390 g/mol. The molecule has 0 saturated heterocycles. The molecule has 0 saturated carbocycles. The number of rotatable bonds is 7. The molecule has 2 atom stereocenters. The van der Waals surface area contributed by atoms with Crippen molar-refractivity contribution < 1.29 is 23.1 Å². The minimum Gasteiger partial charge on any atom is -0.755 e. The topological polar surface area (TPSA) is 93.8 Å². The van der Waals surface area contributed by atoms with E-state index in [1.54, 1.807) is 18.2 Å². The van der Waals surface area contributed by atoms with Gasteiger partial charge in [-0.05, 0) is 42.7 Å². The lowest BCUT2D eigenvalue weighted by molar-refractivity contribution is -0.138. The van der Waals surface area contributed by atoms with Crippen molar-refractivity contribution in [2.45, 2.75) is 18.9 Å². The van der Waals surface area contributed by atoms with Gasteiger partial charge in [-0.3, -0.25) is 8.51 Å². The maximum absolute atomic E-state index is 12.0. The molecule has 1 heterocycles. The number of aliphatic carboxylic acids is 1. The molecule has 0 spiro atoms. The molecule has 4 rings (SSSR count). The van der Waals surface area contributed by atoms with Crippen LogP contribution in [0, 0.1) is 0 Å². The number of fused-ring (bicyclic) bond motifs is 3. The van der Waals surface area contributed by atoms with Gasteiger partial charge in [-0.15, -0.1) is 0 Å². The zero-order chi connectivity index (χ0) is 20.4. The zero-order valence-corrected chi connectivity index (χ0v) is 16.2. The Labute approximate surface area is 169 Å². The number of hydrogen-bond donors (Lipinski definition) is 1. The Morgan fingerprint density at radius 3 is 2.41 bits per heavy atom. The number of benzene rings is 3. The fourth-order valence-corrected chi connectivity index (χ4v) is 4.20. The molecule has 0 aliphatic carbocycles. The first kappa shape index (κ1) is 19.2. The van der Waals surface area contributed by atoms with E-state index < -0.39 is 23.3 Å². The molecule has 6 nitrogen and oxygen atoms in total. The number of hydrogen-bond acceptors (Lipinski definition) is 4. The van der Waals surface area contributed by atoms with Crippen LogP contribution in [0.5, 0.6) is 0 Å². The molecule has 0 aliphatic heterocycles. The van der Waals surface area contributed by atoms with Crippen molar-refractivity contribution in [2.24, 2.45) is 0 Å². The quantitative estimate of drug-likeness (QED) is 0.461. The molecule has 2 unspecified atom stereocenters. The monoisotopic (exact) mass is 408 g/mol. The first-order chi connectivity index (χ1) is 14.0. The van der Waals surface area contributed by atoms with Crippen LogP contribution in [0.25, 0.3) is 21.9 Å². The predicted octanol–water partition coefficient (Wildman–Crippen LogP) is 4.27. The highest BCUT2D eigenvalue weighted by Gasteiger charge is 2.27. The van der Waals surface area contributed by atoms with Gasteiger partial charge in [0, 0.05) is 22.0 Å². The maximum Gasteiger partial charge on any atom is 0.327 e. The molecule has 4 aromatic rings. The van der Waals surface area contributed by atoms with Crippen LogP contribution in [-0.4, -0.2) is 25.9 Å². The lowest BCUT2D eigenvalue weighted by Gasteiger charge is -2.32. The van der Waals surface area contributed by atoms with Crippen LogP contribution in [0.2, 0.25) is 0 Å². The first-order valence-corrected chi connectivity index (χ1v) is 10.1. The van der Waals surface area contributed by atoms with Crippen LogP contribution in [0.1, 0.15) is 12.0 Å². The third-order valence-electron chi connectivity index (χ3n) is 4.89. The number of carboxylic acids is 1. The van der Waals surface area contributed by atoms with E-state index in [4.69, 9.17) is 4.42 Å². The molecule has 0 fully saturated rings. The van der Waals surface area contributed by atoms with Crippen LogP contribution < -0.4 is 4.31 Å². The normalized spacial score (nSPS) is 13.4. The summed E-state index contributed by atoms with van der Waals surface area (Å²) in [4.78, 5) is 11.9. The van der Waals surface area contributed by atoms with Crippen molar-refractivity contribution in [2.75, 3.05) is 4.31 Å². The van der Waals surface area contributed by atoms with Gasteiger partial charge in [-0.1, -0.05) is 48.5 Å². The molecule has 0 amide bonds. The van der Waals surface area contributed by atoms with E-state index >= 15 is 0 Å². The van der Waals surface area contributed by atoms with Gasteiger partial charge in [0.05, 0.1) is 5.69 Å². The van der Waals surface area contributed by atoms with E-state index in [0.29, 0.717) is 17.6 Å². The highest BCUT2D eigenvalue weighted by Crippen LogP contribution is 2.33. The lowest BCUT2D eigenvalue weighted by atomic mass is 10.0. The maximum atomic E-state index is 12.0. The number of para-hydroxylation sites is 1. The number of furan rings is 1. The molecule has 1 N–H and O–H groups in total. The SMILES string of the molecule is O=C(O)C(CCc1ccccc1)N(c1ccc2oc3ccccc3c2c1)S(=O)[O-]. The van der Waals surface area contributed by atoms with Crippen molar-refractivity contribution in [1.29, 1.82) is 0 Å². The Morgan fingerprint density at radius 2 is 1.69 bits per heavy atom. The number of nitrogens with zero attached hydrogens (tertiary/aromatic N) is 1. The first-order valence-electron chi connectivity index (χ1n) is 9.11. The van der Waals surface area contributed by atoms with Gasteiger partial charge in [-0.25, -0.2) is 4.79 Å². The third-order valence-corrected chi connectivity index (χ3v) is 5.68. The number of carboxylic acid groups (broad SMARTS) is 1. The van der Waals surface area contributed by atoms with Crippen molar-refractivity contribution in [3.05, 3.63) is 78.4 Å². The van der Waals surface area contributed by atoms with Crippen molar-refractivity contribution >= 4 is 44.9 Å². The molecule has 148 valence electrons.